The Balaban J connectivity index is 2.21. The van der Waals surface area contributed by atoms with Crippen LogP contribution in [-0.4, -0.2) is 34.0 Å². The zero-order valence-electron chi connectivity index (χ0n) is 15.4. The molecule has 0 aromatic heterocycles. The maximum absolute atomic E-state index is 10.9. The van der Waals surface area contributed by atoms with E-state index in [2.05, 4.69) is 20.4 Å². The smallest absolute Gasteiger partial charge is 0.303 e. The van der Waals surface area contributed by atoms with Crippen molar-refractivity contribution in [1.82, 2.24) is 0 Å². The van der Waals surface area contributed by atoms with Crippen molar-refractivity contribution in [3.8, 4) is 0 Å². The summed E-state index contributed by atoms with van der Waals surface area (Å²) in [6.07, 6.45) is 5.27. The minimum Gasteiger partial charge on any atom is -0.481 e. The Hall–Kier alpha value is -0.870. The van der Waals surface area contributed by atoms with E-state index < -0.39 is 12.1 Å². The van der Waals surface area contributed by atoms with Crippen LogP contribution in [0.25, 0.3) is 0 Å². The highest BCUT2D eigenvalue weighted by Crippen LogP contribution is 2.61. The molecule has 2 saturated carbocycles. The quantitative estimate of drug-likeness (QED) is 0.646. The van der Waals surface area contributed by atoms with Crippen LogP contribution >= 0.6 is 0 Å². The largest absolute Gasteiger partial charge is 0.481 e. The number of aliphatic hydroxyl groups is 2. The standard InChI is InChI=1S/C20H34O4/c1-13(10-18(23)24)6-7-15-14(2)16(22)11-17-19(3,12-21)8-5-9-20(15,17)4/h13,15-17,21-22H,2,5-12H2,1,3-4H3,(H,23,24). The molecular weight excluding hydrogens is 304 g/mol. The van der Waals surface area contributed by atoms with E-state index in [9.17, 15) is 15.0 Å². The molecule has 24 heavy (non-hydrogen) atoms. The zero-order valence-corrected chi connectivity index (χ0v) is 15.4. The number of aliphatic hydroxyl groups excluding tert-OH is 2. The highest BCUT2D eigenvalue weighted by molar-refractivity contribution is 5.66. The van der Waals surface area contributed by atoms with E-state index >= 15 is 0 Å². The summed E-state index contributed by atoms with van der Waals surface area (Å²) in [4.78, 5) is 10.9. The minimum atomic E-state index is -0.750. The predicted molar refractivity (Wildman–Crippen MR) is 94.5 cm³/mol. The second-order valence-electron chi connectivity index (χ2n) is 8.88. The van der Waals surface area contributed by atoms with Crippen LogP contribution in [-0.2, 0) is 4.79 Å². The van der Waals surface area contributed by atoms with Crippen molar-refractivity contribution in [3.63, 3.8) is 0 Å². The highest BCUT2D eigenvalue weighted by atomic mass is 16.4. The molecule has 4 heteroatoms. The third-order valence-electron chi connectivity index (χ3n) is 7.06. The van der Waals surface area contributed by atoms with E-state index in [0.29, 0.717) is 6.42 Å². The summed E-state index contributed by atoms with van der Waals surface area (Å²) in [5.41, 5.74) is 0.813. The topological polar surface area (TPSA) is 77.8 Å². The van der Waals surface area contributed by atoms with Crippen molar-refractivity contribution in [2.45, 2.75) is 71.8 Å². The first kappa shape index (κ1) is 19.5. The normalized spacial score (nSPS) is 40.9. The predicted octanol–water partition coefficient (Wildman–Crippen LogP) is 3.62. The van der Waals surface area contributed by atoms with Gasteiger partial charge in [0.1, 0.15) is 0 Å². The first-order valence-corrected chi connectivity index (χ1v) is 9.33. The molecule has 0 amide bonds. The van der Waals surface area contributed by atoms with Gasteiger partial charge in [0.05, 0.1) is 6.10 Å². The summed E-state index contributed by atoms with van der Waals surface area (Å²) in [5.74, 6) is -0.137. The van der Waals surface area contributed by atoms with Crippen molar-refractivity contribution >= 4 is 5.97 Å². The first-order valence-electron chi connectivity index (χ1n) is 9.33. The number of hydrogen-bond donors (Lipinski definition) is 3. The van der Waals surface area contributed by atoms with Crippen LogP contribution in [0.3, 0.4) is 0 Å². The van der Waals surface area contributed by atoms with Gasteiger partial charge in [0, 0.05) is 13.0 Å². The first-order chi connectivity index (χ1) is 11.1. The second kappa shape index (κ2) is 7.17. The van der Waals surface area contributed by atoms with Crippen molar-refractivity contribution in [2.24, 2.45) is 28.6 Å². The number of carbonyl (C=O) groups is 1. The van der Waals surface area contributed by atoms with Gasteiger partial charge in [-0.2, -0.15) is 0 Å². The Labute approximate surface area is 146 Å². The van der Waals surface area contributed by atoms with Gasteiger partial charge in [-0.05, 0) is 66.3 Å². The van der Waals surface area contributed by atoms with Gasteiger partial charge in [-0.15, -0.1) is 0 Å². The lowest BCUT2D eigenvalue weighted by Gasteiger charge is -2.59. The van der Waals surface area contributed by atoms with Crippen LogP contribution in [0.5, 0.6) is 0 Å². The second-order valence-corrected chi connectivity index (χ2v) is 8.88. The Morgan fingerprint density at radius 3 is 2.62 bits per heavy atom. The van der Waals surface area contributed by atoms with Crippen LogP contribution in [0.2, 0.25) is 0 Å². The number of carboxylic acid groups (broad SMARTS) is 1. The fourth-order valence-corrected chi connectivity index (χ4v) is 5.57. The molecule has 0 heterocycles. The van der Waals surface area contributed by atoms with Crippen molar-refractivity contribution < 1.29 is 20.1 Å². The molecular formula is C20H34O4. The number of rotatable bonds is 6. The third kappa shape index (κ3) is 3.55. The molecule has 6 atom stereocenters. The molecule has 0 spiro atoms. The van der Waals surface area contributed by atoms with Crippen LogP contribution in [0.15, 0.2) is 12.2 Å². The van der Waals surface area contributed by atoms with Crippen LogP contribution < -0.4 is 0 Å². The lowest BCUT2D eigenvalue weighted by molar-refractivity contribution is -0.138. The molecule has 0 aliphatic heterocycles. The van der Waals surface area contributed by atoms with Gasteiger partial charge in [0.25, 0.3) is 0 Å². The van der Waals surface area contributed by atoms with Crippen LogP contribution in [0.1, 0.15) is 65.7 Å². The lowest BCUT2D eigenvalue weighted by atomic mass is 9.46. The summed E-state index contributed by atoms with van der Waals surface area (Å²) in [6, 6.07) is 0. The Morgan fingerprint density at radius 1 is 1.38 bits per heavy atom. The van der Waals surface area contributed by atoms with E-state index in [4.69, 9.17) is 5.11 Å². The summed E-state index contributed by atoms with van der Waals surface area (Å²) in [7, 11) is 0. The van der Waals surface area contributed by atoms with E-state index in [1.165, 1.54) is 0 Å². The lowest BCUT2D eigenvalue weighted by Crippen LogP contribution is -2.54. The van der Waals surface area contributed by atoms with E-state index in [0.717, 1.165) is 37.7 Å². The Morgan fingerprint density at radius 2 is 2.04 bits per heavy atom. The van der Waals surface area contributed by atoms with E-state index in [1.54, 1.807) is 0 Å². The molecule has 6 unspecified atom stereocenters. The zero-order chi connectivity index (χ0) is 18.1. The molecule has 2 aliphatic carbocycles. The molecule has 2 fully saturated rings. The van der Waals surface area contributed by atoms with Crippen LogP contribution in [0.4, 0.5) is 0 Å². The van der Waals surface area contributed by atoms with Crippen molar-refractivity contribution in [1.29, 1.82) is 0 Å². The summed E-state index contributed by atoms with van der Waals surface area (Å²) in [6.45, 7) is 10.8. The van der Waals surface area contributed by atoms with Crippen molar-refractivity contribution in [3.05, 3.63) is 12.2 Å². The number of aliphatic carboxylic acids is 1. The molecule has 0 bridgehead atoms. The maximum Gasteiger partial charge on any atom is 0.303 e. The van der Waals surface area contributed by atoms with Gasteiger partial charge in [-0.1, -0.05) is 33.8 Å². The van der Waals surface area contributed by atoms with E-state index in [1.807, 2.05) is 6.92 Å². The minimum absolute atomic E-state index is 0.0367. The van der Waals surface area contributed by atoms with Gasteiger partial charge in [-0.25, -0.2) is 0 Å². The molecule has 0 radical (unpaired) electrons. The number of hydrogen-bond acceptors (Lipinski definition) is 3. The Bertz CT molecular complexity index is 488. The Kier molecular flexibility index (Phi) is 5.81. The maximum atomic E-state index is 10.9. The number of carboxylic acids is 1. The average molecular weight is 338 g/mol. The molecule has 2 aliphatic rings. The summed E-state index contributed by atoms with van der Waals surface area (Å²) < 4.78 is 0. The molecule has 2 rings (SSSR count). The van der Waals surface area contributed by atoms with Gasteiger partial charge in [-0.3, -0.25) is 4.79 Å². The summed E-state index contributed by atoms with van der Waals surface area (Å²) >= 11 is 0. The average Bonchev–Trinajstić information content (AvgIpc) is 2.49. The molecule has 138 valence electrons. The van der Waals surface area contributed by atoms with Gasteiger partial charge >= 0.3 is 5.97 Å². The van der Waals surface area contributed by atoms with Gasteiger partial charge < -0.3 is 15.3 Å². The monoisotopic (exact) mass is 338 g/mol. The molecule has 0 aromatic carbocycles. The fraction of sp³-hybridized carbons (Fsp3) is 0.850. The molecule has 0 aromatic rings. The van der Waals surface area contributed by atoms with Crippen molar-refractivity contribution in [2.75, 3.05) is 6.61 Å². The van der Waals surface area contributed by atoms with E-state index in [-0.39, 0.29) is 41.6 Å². The fourth-order valence-electron chi connectivity index (χ4n) is 5.57. The SMILES string of the molecule is C=C1C(O)CC2C(C)(CO)CCCC2(C)C1CCC(C)CC(=O)O. The third-order valence-corrected chi connectivity index (χ3v) is 7.06. The highest BCUT2D eigenvalue weighted by Gasteiger charge is 2.56. The molecule has 3 N–H and O–H groups in total. The molecule has 4 nitrogen and oxygen atoms in total. The summed E-state index contributed by atoms with van der Waals surface area (Å²) in [5, 5.41) is 29.5. The van der Waals surface area contributed by atoms with Gasteiger partial charge in [0.15, 0.2) is 0 Å². The van der Waals surface area contributed by atoms with Crippen LogP contribution in [0, 0.1) is 28.6 Å². The van der Waals surface area contributed by atoms with Gasteiger partial charge in [0.2, 0.25) is 0 Å². The number of fused-ring (bicyclic) bond motifs is 1. The molecule has 0 saturated heterocycles.